The van der Waals surface area contributed by atoms with Crippen molar-refractivity contribution in [1.82, 2.24) is 10.2 Å². The minimum Gasteiger partial charge on any atom is -0.370 e. The van der Waals surface area contributed by atoms with Crippen molar-refractivity contribution in [3.05, 3.63) is 30.3 Å². The largest absolute Gasteiger partial charge is 0.370 e. The summed E-state index contributed by atoms with van der Waals surface area (Å²) < 4.78 is 0. The van der Waals surface area contributed by atoms with Crippen molar-refractivity contribution in [2.24, 2.45) is 5.92 Å². The maximum absolute atomic E-state index is 12.2. The zero-order chi connectivity index (χ0) is 13.1. The first kappa shape index (κ1) is 15.1. The second-order valence-corrected chi connectivity index (χ2v) is 5.36. The van der Waals surface area contributed by atoms with Gasteiger partial charge in [-0.15, -0.1) is 12.4 Å². The van der Waals surface area contributed by atoms with E-state index in [-0.39, 0.29) is 18.3 Å². The van der Waals surface area contributed by atoms with E-state index in [1.54, 1.807) is 0 Å². The third-order valence-corrected chi connectivity index (χ3v) is 4.06. The summed E-state index contributed by atoms with van der Waals surface area (Å²) in [7, 11) is 0. The van der Waals surface area contributed by atoms with Gasteiger partial charge in [0.15, 0.2) is 0 Å². The maximum atomic E-state index is 12.2. The van der Waals surface area contributed by atoms with Gasteiger partial charge < -0.3 is 15.1 Å². The summed E-state index contributed by atoms with van der Waals surface area (Å²) >= 11 is 0. The number of hydrogen-bond acceptors (Lipinski definition) is 3. The predicted octanol–water partition coefficient (Wildman–Crippen LogP) is 1.37. The fourth-order valence-corrected chi connectivity index (χ4v) is 2.76. The monoisotopic (exact) mass is 295 g/mol. The van der Waals surface area contributed by atoms with Gasteiger partial charge in [0.2, 0.25) is 5.91 Å². The van der Waals surface area contributed by atoms with Crippen LogP contribution in [0.25, 0.3) is 0 Å². The first-order valence-corrected chi connectivity index (χ1v) is 7.14. The number of halogens is 1. The molecule has 2 saturated heterocycles. The Morgan fingerprint density at radius 2 is 1.80 bits per heavy atom. The van der Waals surface area contributed by atoms with Gasteiger partial charge in [-0.05, 0) is 18.6 Å². The second-order valence-electron chi connectivity index (χ2n) is 5.36. The van der Waals surface area contributed by atoms with Gasteiger partial charge >= 0.3 is 0 Å². The number of carbonyl (C=O) groups is 1. The van der Waals surface area contributed by atoms with E-state index < -0.39 is 0 Å². The Hall–Kier alpha value is -1.26. The highest BCUT2D eigenvalue weighted by atomic mass is 35.5. The molecule has 5 heteroatoms. The first-order valence-electron chi connectivity index (χ1n) is 7.14. The second kappa shape index (κ2) is 6.95. The highest BCUT2D eigenvalue weighted by molar-refractivity contribution is 5.85. The molecule has 0 bridgehead atoms. The summed E-state index contributed by atoms with van der Waals surface area (Å²) in [6, 6.07) is 10.5. The van der Waals surface area contributed by atoms with Crippen molar-refractivity contribution in [2.75, 3.05) is 44.2 Å². The lowest BCUT2D eigenvalue weighted by Gasteiger charge is -2.32. The summed E-state index contributed by atoms with van der Waals surface area (Å²) in [6.07, 6.45) is 1.06. The molecule has 2 aliphatic heterocycles. The van der Waals surface area contributed by atoms with Crippen molar-refractivity contribution in [1.29, 1.82) is 0 Å². The summed E-state index contributed by atoms with van der Waals surface area (Å²) in [5.74, 6) is 0.567. The molecule has 0 radical (unpaired) electrons. The van der Waals surface area contributed by atoms with Crippen LogP contribution in [0.4, 0.5) is 5.69 Å². The molecule has 1 amide bonds. The number of anilines is 1. The van der Waals surface area contributed by atoms with Crippen molar-refractivity contribution < 1.29 is 4.79 Å². The Balaban J connectivity index is 0.00000147. The minimum absolute atomic E-state index is 0. The van der Waals surface area contributed by atoms with E-state index >= 15 is 0 Å². The first-order chi connectivity index (χ1) is 9.34. The molecule has 1 aromatic rings. The smallest absolute Gasteiger partial charge is 0.228 e. The van der Waals surface area contributed by atoms with Crippen LogP contribution in [-0.4, -0.2) is 50.1 Å². The molecule has 1 aromatic carbocycles. The van der Waals surface area contributed by atoms with Crippen molar-refractivity contribution in [3.63, 3.8) is 0 Å². The summed E-state index contributed by atoms with van der Waals surface area (Å²) in [6.45, 7) is 5.45. The van der Waals surface area contributed by atoms with E-state index in [0.717, 1.165) is 45.7 Å². The van der Waals surface area contributed by atoms with Crippen LogP contribution < -0.4 is 10.2 Å². The molecule has 1 N–H and O–H groups in total. The zero-order valence-electron chi connectivity index (χ0n) is 11.6. The molecule has 0 spiro atoms. The average molecular weight is 296 g/mol. The molecule has 2 fully saturated rings. The zero-order valence-corrected chi connectivity index (χ0v) is 12.4. The molecule has 2 heterocycles. The number of nitrogens with zero attached hydrogens (tertiary/aromatic N) is 2. The lowest BCUT2D eigenvalue weighted by atomic mass is 10.0. The fourth-order valence-electron chi connectivity index (χ4n) is 2.76. The Morgan fingerprint density at radius 1 is 1.05 bits per heavy atom. The van der Waals surface area contributed by atoms with Crippen LogP contribution in [-0.2, 0) is 4.79 Å². The Bertz CT molecular complexity index is 436. The van der Waals surface area contributed by atoms with E-state index in [1.807, 2.05) is 6.07 Å². The molecule has 2 aliphatic rings. The van der Waals surface area contributed by atoms with E-state index in [0.29, 0.717) is 5.91 Å². The van der Waals surface area contributed by atoms with Crippen molar-refractivity contribution >= 4 is 24.0 Å². The number of benzene rings is 1. The highest BCUT2D eigenvalue weighted by Crippen LogP contribution is 2.17. The van der Waals surface area contributed by atoms with Gasteiger partial charge in [0, 0.05) is 45.0 Å². The summed E-state index contributed by atoms with van der Waals surface area (Å²) in [4.78, 5) is 16.7. The van der Waals surface area contributed by atoms with Crippen LogP contribution in [0.2, 0.25) is 0 Å². The third kappa shape index (κ3) is 3.25. The number of para-hydroxylation sites is 1. The normalized spacial score (nSPS) is 19.8. The minimum atomic E-state index is 0. The Kier molecular flexibility index (Phi) is 5.26. The molecular weight excluding hydrogens is 274 g/mol. The van der Waals surface area contributed by atoms with Gasteiger partial charge in [-0.1, -0.05) is 18.2 Å². The molecule has 110 valence electrons. The summed E-state index contributed by atoms with van der Waals surface area (Å²) in [5.41, 5.74) is 1.27. The maximum Gasteiger partial charge on any atom is 0.228 e. The van der Waals surface area contributed by atoms with Crippen LogP contribution in [0, 0.1) is 5.92 Å². The van der Waals surface area contributed by atoms with Gasteiger partial charge in [0.25, 0.3) is 0 Å². The van der Waals surface area contributed by atoms with Gasteiger partial charge in [-0.3, -0.25) is 4.79 Å². The topological polar surface area (TPSA) is 35.6 Å². The molecule has 3 rings (SSSR count). The predicted molar refractivity (Wildman–Crippen MR) is 83.5 cm³/mol. The van der Waals surface area contributed by atoms with Crippen LogP contribution in [0.1, 0.15) is 6.42 Å². The fraction of sp³-hybridized carbons (Fsp3) is 0.533. The standard InChI is InChI=1S/C15H21N3O.ClH/c19-15(13-11-16-12-13)18-8-4-7-17(9-10-18)14-5-2-1-3-6-14;/h1-3,5-6,13,16H,4,7-12H2;1H. The molecule has 20 heavy (non-hydrogen) atoms. The molecule has 0 aromatic heterocycles. The number of carbonyl (C=O) groups excluding carboxylic acids is 1. The Morgan fingerprint density at radius 3 is 2.45 bits per heavy atom. The van der Waals surface area contributed by atoms with E-state index in [2.05, 4.69) is 39.4 Å². The van der Waals surface area contributed by atoms with Crippen LogP contribution >= 0.6 is 12.4 Å². The Labute approximate surface area is 126 Å². The molecule has 4 nitrogen and oxygen atoms in total. The van der Waals surface area contributed by atoms with Crippen LogP contribution in [0.15, 0.2) is 30.3 Å². The number of nitrogens with one attached hydrogen (secondary N) is 1. The highest BCUT2D eigenvalue weighted by Gasteiger charge is 2.30. The average Bonchev–Trinajstić information content (AvgIpc) is 2.63. The van der Waals surface area contributed by atoms with E-state index in [4.69, 9.17) is 0 Å². The van der Waals surface area contributed by atoms with E-state index in [9.17, 15) is 4.79 Å². The molecule has 0 atom stereocenters. The number of amides is 1. The number of hydrogen-bond donors (Lipinski definition) is 1. The van der Waals surface area contributed by atoms with Crippen LogP contribution in [0.5, 0.6) is 0 Å². The van der Waals surface area contributed by atoms with Gasteiger partial charge in [0.1, 0.15) is 0 Å². The molecule has 0 aliphatic carbocycles. The van der Waals surface area contributed by atoms with Gasteiger partial charge in [-0.25, -0.2) is 0 Å². The van der Waals surface area contributed by atoms with Gasteiger partial charge in [0.05, 0.1) is 5.92 Å². The molecule has 0 saturated carbocycles. The van der Waals surface area contributed by atoms with Gasteiger partial charge in [-0.2, -0.15) is 0 Å². The van der Waals surface area contributed by atoms with Crippen molar-refractivity contribution in [2.45, 2.75) is 6.42 Å². The van der Waals surface area contributed by atoms with E-state index in [1.165, 1.54) is 5.69 Å². The number of rotatable bonds is 2. The SMILES string of the molecule is Cl.O=C(C1CNC1)N1CCCN(c2ccccc2)CC1. The van der Waals surface area contributed by atoms with Crippen molar-refractivity contribution in [3.8, 4) is 0 Å². The molecule has 0 unspecified atom stereocenters. The lowest BCUT2D eigenvalue weighted by molar-refractivity contribution is -0.136. The lowest BCUT2D eigenvalue weighted by Crippen LogP contribution is -2.52. The quantitative estimate of drug-likeness (QED) is 0.895. The van der Waals surface area contributed by atoms with Crippen LogP contribution in [0.3, 0.4) is 0 Å². The third-order valence-electron chi connectivity index (χ3n) is 4.06. The molecular formula is C15H22ClN3O. The summed E-state index contributed by atoms with van der Waals surface area (Å²) in [5, 5.41) is 3.17.